The Morgan fingerprint density at radius 1 is 1.24 bits per heavy atom. The van der Waals surface area contributed by atoms with Crippen molar-refractivity contribution in [3.8, 4) is 0 Å². The standard InChI is InChI=1S/C22H31N3O3S/c1-15-11-18(17(3)25(15)16(2)14-28-5)20(26)12-24(4)13-22(27)23-19-9-7-8-10-21(19)29-6/h7-11,16H,12-14H2,1-6H3,(H,23,27)/t16-/m0/s1. The lowest BCUT2D eigenvalue weighted by Gasteiger charge is -2.18. The summed E-state index contributed by atoms with van der Waals surface area (Å²) in [5.74, 6) is -0.130. The number of aryl methyl sites for hydroxylation is 1. The number of amides is 1. The van der Waals surface area contributed by atoms with Crippen molar-refractivity contribution in [2.75, 3.05) is 45.4 Å². The van der Waals surface area contributed by atoms with Crippen molar-refractivity contribution >= 4 is 29.1 Å². The second-order valence-electron chi connectivity index (χ2n) is 7.30. The van der Waals surface area contributed by atoms with Crippen molar-refractivity contribution in [1.82, 2.24) is 9.47 Å². The average molecular weight is 418 g/mol. The SMILES string of the molecule is COC[C@H](C)n1c(C)cc(C(=O)CN(C)CC(=O)Nc2ccccc2SC)c1C. The van der Waals surface area contributed by atoms with Crippen molar-refractivity contribution < 1.29 is 14.3 Å². The van der Waals surface area contributed by atoms with Crippen molar-refractivity contribution in [1.29, 1.82) is 0 Å². The Morgan fingerprint density at radius 3 is 2.59 bits per heavy atom. The summed E-state index contributed by atoms with van der Waals surface area (Å²) in [6.07, 6.45) is 1.97. The van der Waals surface area contributed by atoms with E-state index in [1.165, 1.54) is 0 Å². The first kappa shape index (κ1) is 23.2. The highest BCUT2D eigenvalue weighted by Gasteiger charge is 2.20. The van der Waals surface area contributed by atoms with Gasteiger partial charge in [-0.1, -0.05) is 12.1 Å². The normalized spacial score (nSPS) is 12.2. The van der Waals surface area contributed by atoms with Crippen LogP contribution in [0.5, 0.6) is 0 Å². The second-order valence-corrected chi connectivity index (χ2v) is 8.15. The largest absolute Gasteiger partial charge is 0.383 e. The van der Waals surface area contributed by atoms with Crippen LogP contribution in [0.1, 0.15) is 34.7 Å². The molecule has 0 fully saturated rings. The molecule has 2 rings (SSSR count). The van der Waals surface area contributed by atoms with E-state index in [1.807, 2.05) is 50.4 Å². The molecule has 0 saturated carbocycles. The quantitative estimate of drug-likeness (QED) is 0.471. The Morgan fingerprint density at radius 2 is 1.93 bits per heavy atom. The number of hydrogen-bond acceptors (Lipinski definition) is 5. The maximum absolute atomic E-state index is 12.8. The van der Waals surface area contributed by atoms with Crippen LogP contribution in [-0.4, -0.2) is 61.3 Å². The number of hydrogen-bond donors (Lipinski definition) is 1. The van der Waals surface area contributed by atoms with Gasteiger partial charge in [-0.05, 0) is 52.3 Å². The maximum Gasteiger partial charge on any atom is 0.238 e. The van der Waals surface area contributed by atoms with Gasteiger partial charge in [-0.2, -0.15) is 0 Å². The number of carbonyl (C=O) groups excluding carboxylic acids is 2. The third-order valence-electron chi connectivity index (χ3n) is 4.84. The molecule has 7 heteroatoms. The summed E-state index contributed by atoms with van der Waals surface area (Å²) in [4.78, 5) is 28.0. The van der Waals surface area contributed by atoms with Gasteiger partial charge in [0.2, 0.25) is 5.91 Å². The van der Waals surface area contributed by atoms with E-state index in [9.17, 15) is 9.59 Å². The van der Waals surface area contributed by atoms with Crippen molar-refractivity contribution in [2.45, 2.75) is 31.7 Å². The molecule has 1 heterocycles. The lowest BCUT2D eigenvalue weighted by molar-refractivity contribution is -0.116. The van der Waals surface area contributed by atoms with Crippen LogP contribution >= 0.6 is 11.8 Å². The fraction of sp³-hybridized carbons (Fsp3) is 0.455. The van der Waals surface area contributed by atoms with Crippen molar-refractivity contribution in [3.63, 3.8) is 0 Å². The summed E-state index contributed by atoms with van der Waals surface area (Å²) in [5.41, 5.74) is 3.46. The average Bonchev–Trinajstić information content (AvgIpc) is 2.96. The Balaban J connectivity index is 2.00. The molecule has 0 aliphatic heterocycles. The number of para-hydroxylation sites is 1. The number of rotatable bonds is 10. The molecular weight excluding hydrogens is 386 g/mol. The molecule has 1 atom stereocenters. The number of benzene rings is 1. The minimum absolute atomic E-state index is 0.00813. The number of methoxy groups -OCH3 is 1. The molecule has 1 N–H and O–H groups in total. The van der Waals surface area contributed by atoms with Crippen LogP contribution < -0.4 is 5.32 Å². The minimum Gasteiger partial charge on any atom is -0.383 e. The predicted molar refractivity (Wildman–Crippen MR) is 119 cm³/mol. The Labute approximate surface area is 177 Å². The third-order valence-corrected chi connectivity index (χ3v) is 5.64. The van der Waals surface area contributed by atoms with Gasteiger partial charge in [0.15, 0.2) is 5.78 Å². The van der Waals surface area contributed by atoms with Gasteiger partial charge in [0.1, 0.15) is 0 Å². The monoisotopic (exact) mass is 417 g/mol. The number of nitrogens with one attached hydrogen (secondary N) is 1. The smallest absolute Gasteiger partial charge is 0.238 e. The van der Waals surface area contributed by atoms with Crippen LogP contribution in [0.25, 0.3) is 0 Å². The number of carbonyl (C=O) groups is 2. The number of Topliss-reactive ketones (excluding diaryl/α,β-unsaturated/α-hetero) is 1. The van der Waals surface area contributed by atoms with Crippen LogP contribution in [0.3, 0.4) is 0 Å². The molecule has 1 aromatic heterocycles. The van der Waals surface area contributed by atoms with Crippen molar-refractivity contribution in [3.05, 3.63) is 47.3 Å². The van der Waals surface area contributed by atoms with Crippen LogP contribution in [-0.2, 0) is 9.53 Å². The lowest BCUT2D eigenvalue weighted by Crippen LogP contribution is -2.34. The highest BCUT2D eigenvalue weighted by Crippen LogP contribution is 2.24. The highest BCUT2D eigenvalue weighted by molar-refractivity contribution is 7.98. The molecule has 1 aromatic carbocycles. The molecule has 0 unspecified atom stereocenters. The lowest BCUT2D eigenvalue weighted by atomic mass is 10.1. The highest BCUT2D eigenvalue weighted by atomic mass is 32.2. The first-order chi connectivity index (χ1) is 13.8. The van der Waals surface area contributed by atoms with Crippen LogP contribution in [0, 0.1) is 13.8 Å². The van der Waals surface area contributed by atoms with Crippen LogP contribution in [0.15, 0.2) is 35.2 Å². The first-order valence-corrected chi connectivity index (χ1v) is 10.8. The van der Waals surface area contributed by atoms with E-state index in [1.54, 1.807) is 30.8 Å². The zero-order valence-corrected chi connectivity index (χ0v) is 18.9. The Hall–Kier alpha value is -2.09. The number of anilines is 1. The first-order valence-electron chi connectivity index (χ1n) is 9.60. The summed E-state index contributed by atoms with van der Waals surface area (Å²) >= 11 is 1.58. The van der Waals surface area contributed by atoms with Gasteiger partial charge in [-0.3, -0.25) is 14.5 Å². The number of thioether (sulfide) groups is 1. The molecule has 2 aromatic rings. The third kappa shape index (κ3) is 5.95. The van der Waals surface area contributed by atoms with E-state index in [-0.39, 0.29) is 30.8 Å². The molecule has 0 aliphatic rings. The van der Waals surface area contributed by atoms with Gasteiger partial charge in [0.05, 0.1) is 31.4 Å². The Kier molecular flexibility index (Phi) is 8.49. The second kappa shape index (κ2) is 10.6. The topological polar surface area (TPSA) is 63.6 Å². The van der Waals surface area contributed by atoms with E-state index in [0.29, 0.717) is 12.2 Å². The molecule has 0 saturated heterocycles. The van der Waals surface area contributed by atoms with E-state index < -0.39 is 0 Å². The molecule has 1 amide bonds. The summed E-state index contributed by atoms with van der Waals surface area (Å²) < 4.78 is 7.38. The number of ether oxygens (including phenoxy) is 1. The van der Waals surface area contributed by atoms with Crippen molar-refractivity contribution in [2.24, 2.45) is 0 Å². The maximum atomic E-state index is 12.8. The van der Waals surface area contributed by atoms with Gasteiger partial charge in [0, 0.05) is 29.0 Å². The molecule has 0 radical (unpaired) electrons. The van der Waals surface area contributed by atoms with Gasteiger partial charge in [0.25, 0.3) is 0 Å². The number of ketones is 1. The zero-order chi connectivity index (χ0) is 21.6. The zero-order valence-electron chi connectivity index (χ0n) is 18.1. The van der Waals surface area contributed by atoms with E-state index in [2.05, 4.69) is 16.8 Å². The molecule has 158 valence electrons. The van der Waals surface area contributed by atoms with Gasteiger partial charge in [-0.25, -0.2) is 0 Å². The number of aromatic nitrogens is 1. The molecule has 6 nitrogen and oxygen atoms in total. The molecular formula is C22H31N3O3S. The summed E-state index contributed by atoms with van der Waals surface area (Å²) in [6, 6.07) is 9.76. The van der Waals surface area contributed by atoms with E-state index in [0.717, 1.165) is 22.0 Å². The summed E-state index contributed by atoms with van der Waals surface area (Å²) in [7, 11) is 3.46. The Bertz CT molecular complexity index is 863. The fourth-order valence-electron chi connectivity index (χ4n) is 3.62. The molecule has 0 spiro atoms. The van der Waals surface area contributed by atoms with Gasteiger partial charge in [-0.15, -0.1) is 11.8 Å². The number of likely N-dealkylation sites (N-methyl/N-ethyl adjacent to an activating group) is 1. The van der Waals surface area contributed by atoms with Gasteiger partial charge < -0.3 is 14.6 Å². The molecule has 0 bridgehead atoms. The van der Waals surface area contributed by atoms with E-state index in [4.69, 9.17) is 4.74 Å². The molecule has 0 aliphatic carbocycles. The van der Waals surface area contributed by atoms with Crippen LogP contribution in [0.2, 0.25) is 0 Å². The van der Waals surface area contributed by atoms with Crippen LogP contribution in [0.4, 0.5) is 5.69 Å². The minimum atomic E-state index is -0.138. The summed E-state index contributed by atoms with van der Waals surface area (Å²) in [6.45, 7) is 6.94. The summed E-state index contributed by atoms with van der Waals surface area (Å²) in [5, 5.41) is 2.93. The van der Waals surface area contributed by atoms with E-state index >= 15 is 0 Å². The van der Waals surface area contributed by atoms with Gasteiger partial charge >= 0.3 is 0 Å². The number of nitrogens with zero attached hydrogens (tertiary/aromatic N) is 2. The molecule has 29 heavy (non-hydrogen) atoms. The fourth-order valence-corrected chi connectivity index (χ4v) is 4.18. The predicted octanol–water partition coefficient (Wildman–Crippen LogP) is 3.79.